The van der Waals surface area contributed by atoms with E-state index >= 15 is 0 Å². The van der Waals surface area contributed by atoms with E-state index in [0.717, 1.165) is 45.6 Å². The zero-order chi connectivity index (χ0) is 16.4. The zero-order valence-corrected chi connectivity index (χ0v) is 14.1. The van der Waals surface area contributed by atoms with Crippen molar-refractivity contribution < 1.29 is 9.53 Å². The van der Waals surface area contributed by atoms with Gasteiger partial charge in [0.1, 0.15) is 0 Å². The predicted molar refractivity (Wildman–Crippen MR) is 93.4 cm³/mol. The summed E-state index contributed by atoms with van der Waals surface area (Å²) in [5.74, 6) is 0.741. The van der Waals surface area contributed by atoms with Crippen molar-refractivity contribution in [2.45, 2.75) is 38.0 Å². The van der Waals surface area contributed by atoms with Crippen LogP contribution in [0.3, 0.4) is 0 Å². The number of benzene rings is 1. The molecule has 2 aliphatic heterocycles. The molecule has 0 spiro atoms. The molecule has 1 aromatic carbocycles. The summed E-state index contributed by atoms with van der Waals surface area (Å²) in [6.45, 7) is 4.22. The van der Waals surface area contributed by atoms with Crippen molar-refractivity contribution in [1.82, 2.24) is 9.80 Å². The molecular weight excluding hydrogens is 300 g/mol. The highest BCUT2D eigenvalue weighted by atomic mass is 16.5. The second-order valence-electron chi connectivity index (χ2n) is 7.20. The fourth-order valence-corrected chi connectivity index (χ4v) is 4.19. The molecule has 0 saturated carbocycles. The molecule has 0 N–H and O–H groups in total. The van der Waals surface area contributed by atoms with Crippen LogP contribution >= 0.6 is 0 Å². The van der Waals surface area contributed by atoms with E-state index in [0.29, 0.717) is 24.3 Å². The Hall–Kier alpha value is -1.65. The summed E-state index contributed by atoms with van der Waals surface area (Å²) < 4.78 is 5.97. The lowest BCUT2D eigenvalue weighted by Gasteiger charge is -2.36. The van der Waals surface area contributed by atoms with Crippen LogP contribution in [0.25, 0.3) is 0 Å². The number of carbonyl (C=O) groups is 1. The second-order valence-corrected chi connectivity index (χ2v) is 7.20. The molecule has 4 rings (SSSR count). The first-order valence-electron chi connectivity index (χ1n) is 9.13. The Kier molecular flexibility index (Phi) is 4.67. The van der Waals surface area contributed by atoms with Crippen molar-refractivity contribution in [1.29, 1.82) is 0 Å². The van der Waals surface area contributed by atoms with Crippen LogP contribution in [-0.4, -0.2) is 54.1 Å². The minimum atomic E-state index is 0.172. The third kappa shape index (κ3) is 3.40. The van der Waals surface area contributed by atoms with E-state index in [1.165, 1.54) is 5.56 Å². The number of hydrogen-bond acceptors (Lipinski definition) is 3. The molecule has 3 atom stereocenters. The third-order valence-electron chi connectivity index (χ3n) is 5.55. The minimum Gasteiger partial charge on any atom is -0.373 e. The number of likely N-dealkylation sites (tertiary alicyclic amines) is 1. The van der Waals surface area contributed by atoms with Gasteiger partial charge in [0.2, 0.25) is 5.91 Å². The predicted octanol–water partition coefficient (Wildman–Crippen LogP) is 2.45. The lowest BCUT2D eigenvalue weighted by molar-refractivity contribution is -0.131. The van der Waals surface area contributed by atoms with Crippen molar-refractivity contribution in [3.63, 3.8) is 0 Å². The van der Waals surface area contributed by atoms with Gasteiger partial charge in [0.25, 0.3) is 0 Å². The Labute approximate surface area is 144 Å². The molecule has 2 fully saturated rings. The number of rotatable bonds is 4. The lowest BCUT2D eigenvalue weighted by Crippen LogP contribution is -2.50. The molecule has 0 aromatic heterocycles. The summed E-state index contributed by atoms with van der Waals surface area (Å²) >= 11 is 0. The number of nitrogens with zero attached hydrogens (tertiary/aromatic N) is 2. The zero-order valence-electron chi connectivity index (χ0n) is 14.1. The first-order chi connectivity index (χ1) is 11.8. The Balaban J connectivity index is 1.38. The van der Waals surface area contributed by atoms with Gasteiger partial charge in [-0.2, -0.15) is 0 Å². The van der Waals surface area contributed by atoms with Gasteiger partial charge in [-0.3, -0.25) is 9.69 Å². The molecular formula is C20H26N2O2. The van der Waals surface area contributed by atoms with Crippen molar-refractivity contribution in [2.75, 3.05) is 26.2 Å². The molecule has 4 heteroatoms. The van der Waals surface area contributed by atoms with E-state index in [1.807, 2.05) is 4.90 Å². The van der Waals surface area contributed by atoms with E-state index in [1.54, 1.807) is 0 Å². The van der Waals surface area contributed by atoms with Crippen molar-refractivity contribution >= 4 is 5.91 Å². The molecule has 2 heterocycles. The summed E-state index contributed by atoms with van der Waals surface area (Å²) in [5, 5.41) is 0. The quantitative estimate of drug-likeness (QED) is 0.797. The van der Waals surface area contributed by atoms with Crippen LogP contribution in [0, 0.1) is 5.92 Å². The molecule has 0 radical (unpaired) electrons. The molecule has 24 heavy (non-hydrogen) atoms. The maximum absolute atomic E-state index is 12.6. The number of fused-ring (bicyclic) bond motifs is 1. The molecule has 1 aliphatic carbocycles. The summed E-state index contributed by atoms with van der Waals surface area (Å²) in [6.07, 6.45) is 7.49. The van der Waals surface area contributed by atoms with Gasteiger partial charge in [-0.05, 0) is 24.3 Å². The number of amides is 1. The maximum atomic E-state index is 12.6. The number of allylic oxidation sites excluding steroid dienone is 2. The van der Waals surface area contributed by atoms with Gasteiger partial charge in [0, 0.05) is 32.6 Å². The van der Waals surface area contributed by atoms with Gasteiger partial charge >= 0.3 is 0 Å². The Morgan fingerprint density at radius 1 is 1.21 bits per heavy atom. The van der Waals surface area contributed by atoms with Gasteiger partial charge in [0.15, 0.2) is 0 Å². The number of morpholine rings is 1. The fraction of sp³-hybridized carbons (Fsp3) is 0.550. The Morgan fingerprint density at radius 2 is 2.08 bits per heavy atom. The van der Waals surface area contributed by atoms with E-state index in [9.17, 15) is 4.79 Å². The van der Waals surface area contributed by atoms with Gasteiger partial charge in [-0.1, -0.05) is 42.5 Å². The highest BCUT2D eigenvalue weighted by Crippen LogP contribution is 2.27. The average molecular weight is 326 g/mol. The van der Waals surface area contributed by atoms with Crippen molar-refractivity contribution in [2.24, 2.45) is 5.92 Å². The van der Waals surface area contributed by atoms with Gasteiger partial charge < -0.3 is 9.64 Å². The average Bonchev–Trinajstić information content (AvgIpc) is 3.25. The van der Waals surface area contributed by atoms with E-state index in [2.05, 4.69) is 47.4 Å². The summed E-state index contributed by atoms with van der Waals surface area (Å²) in [5.41, 5.74) is 1.33. The highest BCUT2D eigenvalue weighted by molar-refractivity contribution is 5.77. The topological polar surface area (TPSA) is 32.8 Å². The second kappa shape index (κ2) is 7.08. The van der Waals surface area contributed by atoms with E-state index in [4.69, 9.17) is 4.74 Å². The first-order valence-corrected chi connectivity index (χ1v) is 9.13. The molecule has 0 bridgehead atoms. The molecule has 2 saturated heterocycles. The summed E-state index contributed by atoms with van der Waals surface area (Å²) in [4.78, 5) is 17.2. The van der Waals surface area contributed by atoms with Crippen LogP contribution < -0.4 is 0 Å². The molecule has 4 nitrogen and oxygen atoms in total. The molecule has 3 aliphatic rings. The van der Waals surface area contributed by atoms with Crippen LogP contribution in [0.5, 0.6) is 0 Å². The third-order valence-corrected chi connectivity index (χ3v) is 5.55. The van der Waals surface area contributed by atoms with Gasteiger partial charge in [0.05, 0.1) is 18.8 Å². The van der Waals surface area contributed by atoms with Gasteiger partial charge in [-0.25, -0.2) is 0 Å². The molecule has 1 aromatic rings. The number of hydrogen-bond donors (Lipinski definition) is 0. The van der Waals surface area contributed by atoms with Crippen molar-refractivity contribution in [3.05, 3.63) is 48.0 Å². The largest absolute Gasteiger partial charge is 0.373 e. The van der Waals surface area contributed by atoms with Crippen LogP contribution in [-0.2, 0) is 16.1 Å². The highest BCUT2D eigenvalue weighted by Gasteiger charge is 2.41. The Bertz CT molecular complexity index is 601. The van der Waals surface area contributed by atoms with Gasteiger partial charge in [-0.15, -0.1) is 0 Å². The van der Waals surface area contributed by atoms with Crippen LogP contribution in [0.15, 0.2) is 42.5 Å². The minimum absolute atomic E-state index is 0.172. The fourth-order valence-electron chi connectivity index (χ4n) is 4.19. The normalized spacial score (nSPS) is 29.8. The Morgan fingerprint density at radius 3 is 2.88 bits per heavy atom. The first kappa shape index (κ1) is 15.9. The van der Waals surface area contributed by atoms with E-state index < -0.39 is 0 Å². The monoisotopic (exact) mass is 326 g/mol. The number of carbonyl (C=O) groups excluding carboxylic acids is 1. The van der Waals surface area contributed by atoms with Crippen LogP contribution in [0.2, 0.25) is 0 Å². The lowest BCUT2D eigenvalue weighted by atomic mass is 10.0. The van der Waals surface area contributed by atoms with Crippen LogP contribution in [0.4, 0.5) is 0 Å². The maximum Gasteiger partial charge on any atom is 0.223 e. The van der Waals surface area contributed by atoms with Crippen molar-refractivity contribution in [3.8, 4) is 0 Å². The standard InChI is InChI=1S/C20H26N2O2/c23-20(12-16-6-4-5-7-16)22-14-18-19(15-22)24-11-10-21(18)13-17-8-2-1-3-9-17/h1-4,6,8-9,16,18-19H,5,7,10-15H2. The number of ether oxygens (including phenoxy) is 1. The molecule has 1 amide bonds. The van der Waals surface area contributed by atoms with E-state index in [-0.39, 0.29) is 6.10 Å². The van der Waals surface area contributed by atoms with Crippen LogP contribution in [0.1, 0.15) is 24.8 Å². The molecule has 128 valence electrons. The summed E-state index contributed by atoms with van der Waals surface area (Å²) in [7, 11) is 0. The smallest absolute Gasteiger partial charge is 0.223 e. The SMILES string of the molecule is O=C(CC1C=CCC1)N1CC2OCCN(Cc3ccccc3)C2C1. The summed E-state index contributed by atoms with van der Waals surface area (Å²) in [6, 6.07) is 10.9. The molecule has 3 unspecified atom stereocenters.